The number of rotatable bonds is 8. The summed E-state index contributed by atoms with van der Waals surface area (Å²) in [5.74, 6) is -0.365. The van der Waals surface area contributed by atoms with Crippen molar-refractivity contribution in [2.24, 2.45) is 0 Å². The van der Waals surface area contributed by atoms with Crippen molar-refractivity contribution in [3.63, 3.8) is 0 Å². The number of nitrogens with one attached hydrogen (secondary N) is 1. The fraction of sp³-hybridized carbons (Fsp3) is 0.375. The molecule has 1 unspecified atom stereocenters. The summed E-state index contributed by atoms with van der Waals surface area (Å²) in [6.07, 6.45) is -1.75. The van der Waals surface area contributed by atoms with Crippen LogP contribution in [0.25, 0.3) is 0 Å². The van der Waals surface area contributed by atoms with Crippen molar-refractivity contribution in [3.05, 3.63) is 76.7 Å². The third-order valence-electron chi connectivity index (χ3n) is 6.34. The van der Waals surface area contributed by atoms with E-state index in [0.717, 1.165) is 17.5 Å². The van der Waals surface area contributed by atoms with Gasteiger partial charge in [-0.05, 0) is 48.2 Å². The van der Waals surface area contributed by atoms with Gasteiger partial charge in [0, 0.05) is 37.6 Å². The van der Waals surface area contributed by atoms with Gasteiger partial charge in [-0.15, -0.1) is 0 Å². The van der Waals surface area contributed by atoms with Crippen molar-refractivity contribution in [2.45, 2.75) is 42.9 Å². The highest BCUT2D eigenvalue weighted by atomic mass is 32.2. The van der Waals surface area contributed by atoms with E-state index in [0.29, 0.717) is 30.5 Å². The van der Waals surface area contributed by atoms with Gasteiger partial charge in [-0.1, -0.05) is 30.3 Å². The van der Waals surface area contributed by atoms with Gasteiger partial charge in [0.1, 0.15) is 0 Å². The molecule has 0 aromatic heterocycles. The molecule has 4 rings (SSSR count). The maximum atomic E-state index is 13.3. The van der Waals surface area contributed by atoms with Gasteiger partial charge >= 0.3 is 6.18 Å². The lowest BCUT2D eigenvalue weighted by molar-refractivity contribution is -0.137. The molecule has 1 saturated heterocycles. The molecule has 1 N–H and O–H groups in total. The van der Waals surface area contributed by atoms with Crippen LogP contribution >= 0.6 is 0 Å². The number of sulfonamides is 2. The highest BCUT2D eigenvalue weighted by Gasteiger charge is 2.38. The minimum atomic E-state index is -4.43. The molecule has 2 aliphatic heterocycles. The Morgan fingerprint density at radius 2 is 1.68 bits per heavy atom. The maximum Gasteiger partial charge on any atom is 0.416 e. The number of carbonyl (C=O) groups excluding carboxylic acids is 1. The number of carbonyl (C=O) groups is 1. The SMILES string of the molecule is O=C(Cc1ccc(S(=O)(=O)N2CCCC2CN2CC=CS2(=O)=O)cc1)NCc1ccc(C(F)(F)F)cc1. The van der Waals surface area contributed by atoms with Crippen LogP contribution in [-0.4, -0.2) is 57.0 Å². The summed E-state index contributed by atoms with van der Waals surface area (Å²) in [5.41, 5.74) is 0.313. The van der Waals surface area contributed by atoms with Gasteiger partial charge in [-0.3, -0.25) is 4.79 Å². The van der Waals surface area contributed by atoms with Crippen LogP contribution in [0.4, 0.5) is 13.2 Å². The first-order valence-electron chi connectivity index (χ1n) is 11.6. The predicted molar refractivity (Wildman–Crippen MR) is 130 cm³/mol. The summed E-state index contributed by atoms with van der Waals surface area (Å²) in [6.45, 7) is 0.665. The second-order valence-corrected chi connectivity index (χ2v) is 12.6. The molecular formula is C24H26F3N3O5S2. The zero-order valence-electron chi connectivity index (χ0n) is 19.7. The summed E-state index contributed by atoms with van der Waals surface area (Å²) >= 11 is 0. The lowest BCUT2D eigenvalue weighted by Crippen LogP contribution is -2.43. The van der Waals surface area contributed by atoms with Gasteiger partial charge in [0.25, 0.3) is 0 Å². The van der Waals surface area contributed by atoms with Crippen LogP contribution in [0.1, 0.15) is 29.5 Å². The zero-order chi connectivity index (χ0) is 26.8. The first-order valence-corrected chi connectivity index (χ1v) is 14.5. The minimum absolute atomic E-state index is 0.0346. The minimum Gasteiger partial charge on any atom is -0.352 e. The van der Waals surface area contributed by atoms with Gasteiger partial charge in [0.05, 0.1) is 16.9 Å². The fourth-order valence-corrected chi connectivity index (χ4v) is 7.23. The van der Waals surface area contributed by atoms with Crippen LogP contribution in [0.15, 0.2) is 64.9 Å². The summed E-state index contributed by atoms with van der Waals surface area (Å²) in [5, 5.41) is 3.76. The van der Waals surface area contributed by atoms with E-state index < -0.39 is 37.8 Å². The molecule has 1 fully saturated rings. The molecule has 37 heavy (non-hydrogen) atoms. The normalized spacial score (nSPS) is 20.4. The summed E-state index contributed by atoms with van der Waals surface area (Å²) in [6, 6.07) is 9.92. The number of halogens is 3. The van der Waals surface area contributed by atoms with Crippen LogP contribution in [0.2, 0.25) is 0 Å². The van der Waals surface area contributed by atoms with Gasteiger partial charge in [0.15, 0.2) is 0 Å². The fourth-order valence-electron chi connectivity index (χ4n) is 4.37. The molecule has 2 aromatic carbocycles. The number of hydrogen-bond acceptors (Lipinski definition) is 5. The lowest BCUT2D eigenvalue weighted by Gasteiger charge is -2.27. The van der Waals surface area contributed by atoms with Crippen LogP contribution < -0.4 is 5.32 Å². The molecule has 8 nitrogen and oxygen atoms in total. The molecule has 2 aromatic rings. The molecule has 200 valence electrons. The van der Waals surface area contributed by atoms with E-state index in [1.165, 1.54) is 51.1 Å². The average molecular weight is 558 g/mol. The standard InChI is InChI=1S/C24H26F3N3O5S2/c25-24(26,27)20-8-4-19(5-9-20)16-28-23(31)15-18-6-10-22(11-7-18)37(34,35)30-13-1-3-21(30)17-29-12-2-14-36(29,32)33/h2,4-11,14,21H,1,3,12-13,15-17H2,(H,28,31). The molecule has 13 heteroatoms. The van der Waals surface area contributed by atoms with Gasteiger partial charge in [-0.25, -0.2) is 16.8 Å². The smallest absolute Gasteiger partial charge is 0.352 e. The Bertz CT molecular complexity index is 1370. The largest absolute Gasteiger partial charge is 0.416 e. The molecule has 0 radical (unpaired) electrons. The van der Waals surface area contributed by atoms with Crippen LogP contribution in [0, 0.1) is 0 Å². The number of amides is 1. The van der Waals surface area contributed by atoms with Crippen molar-refractivity contribution in [3.8, 4) is 0 Å². The van der Waals surface area contributed by atoms with Crippen molar-refractivity contribution in [1.82, 2.24) is 13.9 Å². The monoisotopic (exact) mass is 557 g/mol. The van der Waals surface area contributed by atoms with Crippen molar-refractivity contribution >= 4 is 26.0 Å². The summed E-state index contributed by atoms with van der Waals surface area (Å²) < 4.78 is 91.2. The van der Waals surface area contributed by atoms with Crippen molar-refractivity contribution in [2.75, 3.05) is 19.6 Å². The Hall–Kier alpha value is -2.74. The third-order valence-corrected chi connectivity index (χ3v) is 9.86. The molecule has 1 amide bonds. The molecule has 0 saturated carbocycles. The van der Waals surface area contributed by atoms with Crippen molar-refractivity contribution in [1.29, 1.82) is 0 Å². The van der Waals surface area contributed by atoms with E-state index in [9.17, 15) is 34.8 Å². The van der Waals surface area contributed by atoms with Gasteiger partial charge < -0.3 is 5.32 Å². The molecule has 0 bridgehead atoms. The number of alkyl halides is 3. The Kier molecular flexibility index (Phi) is 7.79. The van der Waals surface area contributed by atoms with Gasteiger partial charge in [-0.2, -0.15) is 21.8 Å². The Labute approximate surface area is 213 Å². The highest BCUT2D eigenvalue weighted by Crippen LogP contribution is 2.30. The average Bonchev–Trinajstić information content (AvgIpc) is 3.44. The van der Waals surface area contributed by atoms with Crippen LogP contribution in [0.5, 0.6) is 0 Å². The van der Waals surface area contributed by atoms with E-state index in [4.69, 9.17) is 0 Å². The quantitative estimate of drug-likeness (QED) is 0.538. The number of hydrogen-bond donors (Lipinski definition) is 1. The second-order valence-electron chi connectivity index (χ2n) is 8.94. The van der Waals surface area contributed by atoms with E-state index in [2.05, 4.69) is 5.32 Å². The topological polar surface area (TPSA) is 104 Å². The first kappa shape index (κ1) is 27.3. The Balaban J connectivity index is 1.34. The molecular weight excluding hydrogens is 531 g/mol. The molecule has 2 aliphatic rings. The summed E-state index contributed by atoms with van der Waals surface area (Å²) in [4.78, 5) is 12.3. The lowest BCUT2D eigenvalue weighted by atomic mass is 10.1. The maximum absolute atomic E-state index is 13.3. The van der Waals surface area contributed by atoms with Crippen LogP contribution in [-0.2, 0) is 44.0 Å². The number of nitrogens with zero attached hydrogens (tertiary/aromatic N) is 2. The van der Waals surface area contributed by atoms with E-state index in [1.54, 1.807) is 0 Å². The molecule has 0 spiro atoms. The Morgan fingerprint density at radius 1 is 1.03 bits per heavy atom. The number of benzene rings is 2. The highest BCUT2D eigenvalue weighted by molar-refractivity contribution is 7.92. The second kappa shape index (κ2) is 10.6. The van der Waals surface area contributed by atoms with Gasteiger partial charge in [0.2, 0.25) is 26.0 Å². The molecule has 1 atom stereocenters. The van der Waals surface area contributed by atoms with E-state index in [-0.39, 0.29) is 36.9 Å². The summed E-state index contributed by atoms with van der Waals surface area (Å²) in [7, 11) is -7.37. The third kappa shape index (κ3) is 6.40. The van der Waals surface area contributed by atoms with E-state index in [1.807, 2.05) is 0 Å². The first-order chi connectivity index (χ1) is 17.4. The van der Waals surface area contributed by atoms with Crippen LogP contribution in [0.3, 0.4) is 0 Å². The zero-order valence-corrected chi connectivity index (χ0v) is 21.3. The predicted octanol–water partition coefficient (Wildman–Crippen LogP) is 2.88. The molecule has 0 aliphatic carbocycles. The van der Waals surface area contributed by atoms with E-state index >= 15 is 0 Å². The Morgan fingerprint density at radius 3 is 2.27 bits per heavy atom. The van der Waals surface area contributed by atoms with Crippen molar-refractivity contribution < 1.29 is 34.8 Å². The molecule has 2 heterocycles.